The fraction of sp³-hybridized carbons (Fsp3) is 0.440. The monoisotopic (exact) mass is 453 g/mol. The summed E-state index contributed by atoms with van der Waals surface area (Å²) in [5, 5.41) is 3.08. The molecule has 8 heteroatoms. The van der Waals surface area contributed by atoms with E-state index in [4.69, 9.17) is 14.2 Å². The number of carbonyl (C=O) groups is 2. The van der Waals surface area contributed by atoms with E-state index in [2.05, 4.69) is 22.3 Å². The van der Waals surface area contributed by atoms with Gasteiger partial charge in [-0.25, -0.2) is 0 Å². The molecule has 2 fully saturated rings. The summed E-state index contributed by atoms with van der Waals surface area (Å²) in [6, 6.07) is 13.8. The minimum absolute atomic E-state index is 0.0727. The Hall–Kier alpha value is -3.42. The van der Waals surface area contributed by atoms with E-state index < -0.39 is 0 Å². The molecule has 2 amide bonds. The highest BCUT2D eigenvalue weighted by Crippen LogP contribution is 2.42. The number of rotatable bonds is 8. The predicted molar refractivity (Wildman–Crippen MR) is 126 cm³/mol. The van der Waals surface area contributed by atoms with Crippen molar-refractivity contribution in [3.05, 3.63) is 42.5 Å². The van der Waals surface area contributed by atoms with Crippen LogP contribution in [0.3, 0.4) is 0 Å². The Bertz CT molecular complexity index is 972. The maximum Gasteiger partial charge on any atom is 0.227 e. The predicted octanol–water partition coefficient (Wildman–Crippen LogP) is 2.71. The molecular formula is C25H31N3O5. The number of ether oxygens (including phenoxy) is 3. The average molecular weight is 454 g/mol. The summed E-state index contributed by atoms with van der Waals surface area (Å²) < 4.78 is 16.2. The maximum atomic E-state index is 12.8. The third-order valence-corrected chi connectivity index (χ3v) is 6.43. The lowest BCUT2D eigenvalue weighted by Crippen LogP contribution is -2.36. The van der Waals surface area contributed by atoms with Crippen LogP contribution in [-0.2, 0) is 9.59 Å². The third kappa shape index (κ3) is 4.84. The van der Waals surface area contributed by atoms with Crippen molar-refractivity contribution < 1.29 is 23.8 Å². The van der Waals surface area contributed by atoms with E-state index in [1.165, 1.54) is 27.0 Å². The molecule has 8 nitrogen and oxygen atoms in total. The van der Waals surface area contributed by atoms with Gasteiger partial charge in [0.2, 0.25) is 17.6 Å². The molecule has 2 saturated heterocycles. The summed E-state index contributed by atoms with van der Waals surface area (Å²) in [6.07, 6.45) is 1.22. The number of anilines is 2. The molecule has 2 aliphatic rings. The van der Waals surface area contributed by atoms with Gasteiger partial charge in [-0.05, 0) is 24.5 Å². The molecule has 2 unspecified atom stereocenters. The Morgan fingerprint density at radius 2 is 1.70 bits per heavy atom. The van der Waals surface area contributed by atoms with E-state index in [1.807, 2.05) is 18.2 Å². The van der Waals surface area contributed by atoms with Crippen molar-refractivity contribution in [2.75, 3.05) is 57.3 Å². The first kappa shape index (κ1) is 22.8. The van der Waals surface area contributed by atoms with Crippen molar-refractivity contribution in [2.24, 2.45) is 11.8 Å². The first-order chi connectivity index (χ1) is 16.0. The molecule has 0 bridgehead atoms. The van der Waals surface area contributed by atoms with E-state index in [0.717, 1.165) is 19.5 Å². The largest absolute Gasteiger partial charge is 0.493 e. The third-order valence-electron chi connectivity index (χ3n) is 6.43. The first-order valence-corrected chi connectivity index (χ1v) is 11.2. The zero-order valence-electron chi connectivity index (χ0n) is 19.4. The molecule has 2 atom stereocenters. The zero-order valence-corrected chi connectivity index (χ0v) is 19.4. The second-order valence-corrected chi connectivity index (χ2v) is 8.47. The van der Waals surface area contributed by atoms with Gasteiger partial charge in [0.15, 0.2) is 11.5 Å². The number of para-hydroxylation sites is 1. The lowest BCUT2D eigenvalue weighted by molar-refractivity contribution is -0.126. The minimum Gasteiger partial charge on any atom is -0.493 e. The summed E-state index contributed by atoms with van der Waals surface area (Å²) in [5.74, 6) is 1.25. The number of amides is 2. The van der Waals surface area contributed by atoms with Crippen LogP contribution in [0.2, 0.25) is 0 Å². The van der Waals surface area contributed by atoms with Crippen LogP contribution in [-0.4, -0.2) is 59.3 Å². The number of nitrogens with zero attached hydrogens (tertiary/aromatic N) is 2. The molecule has 33 heavy (non-hydrogen) atoms. The van der Waals surface area contributed by atoms with Gasteiger partial charge in [-0.15, -0.1) is 0 Å². The summed E-state index contributed by atoms with van der Waals surface area (Å²) >= 11 is 0. The fourth-order valence-electron chi connectivity index (χ4n) is 4.62. The van der Waals surface area contributed by atoms with Crippen LogP contribution in [0.25, 0.3) is 0 Å². The SMILES string of the molecule is COc1cc(N2CC(C(=O)NCC3CCN(c4ccccc4)C3)CC2=O)cc(OC)c1OC. The topological polar surface area (TPSA) is 80.3 Å². The number of carbonyl (C=O) groups excluding carboxylic acids is 2. The van der Waals surface area contributed by atoms with Crippen molar-refractivity contribution >= 4 is 23.2 Å². The lowest BCUT2D eigenvalue weighted by atomic mass is 10.1. The number of methoxy groups -OCH3 is 3. The minimum atomic E-state index is -0.386. The molecule has 2 aromatic carbocycles. The molecule has 0 aliphatic carbocycles. The Kier molecular flexibility index (Phi) is 6.91. The van der Waals surface area contributed by atoms with Gasteiger partial charge in [0.1, 0.15) is 0 Å². The molecule has 0 aromatic heterocycles. The smallest absolute Gasteiger partial charge is 0.227 e. The van der Waals surface area contributed by atoms with Crippen LogP contribution in [0.4, 0.5) is 11.4 Å². The van der Waals surface area contributed by atoms with Crippen LogP contribution in [0.15, 0.2) is 42.5 Å². The van der Waals surface area contributed by atoms with Gasteiger partial charge in [-0.2, -0.15) is 0 Å². The summed E-state index contributed by atoms with van der Waals surface area (Å²) in [5.41, 5.74) is 1.84. The van der Waals surface area contributed by atoms with Gasteiger partial charge in [-0.1, -0.05) is 18.2 Å². The van der Waals surface area contributed by atoms with Gasteiger partial charge < -0.3 is 29.3 Å². The fourth-order valence-corrected chi connectivity index (χ4v) is 4.62. The van der Waals surface area contributed by atoms with Crippen molar-refractivity contribution in [1.82, 2.24) is 5.32 Å². The maximum absolute atomic E-state index is 12.8. The van der Waals surface area contributed by atoms with Crippen molar-refractivity contribution in [1.29, 1.82) is 0 Å². The Balaban J connectivity index is 1.35. The highest BCUT2D eigenvalue weighted by Gasteiger charge is 2.36. The molecule has 4 rings (SSSR count). The average Bonchev–Trinajstić information content (AvgIpc) is 3.49. The second kappa shape index (κ2) is 10.0. The summed E-state index contributed by atoms with van der Waals surface area (Å²) in [4.78, 5) is 29.5. The first-order valence-electron chi connectivity index (χ1n) is 11.2. The van der Waals surface area contributed by atoms with Crippen LogP contribution < -0.4 is 29.3 Å². The molecule has 176 valence electrons. The molecule has 0 radical (unpaired) electrons. The second-order valence-electron chi connectivity index (χ2n) is 8.47. The molecule has 2 aliphatic heterocycles. The number of hydrogen-bond donors (Lipinski definition) is 1. The van der Waals surface area contributed by atoms with E-state index in [9.17, 15) is 9.59 Å². The highest BCUT2D eigenvalue weighted by atomic mass is 16.5. The van der Waals surface area contributed by atoms with Gasteiger partial charge in [-0.3, -0.25) is 9.59 Å². The van der Waals surface area contributed by atoms with Crippen molar-refractivity contribution in [2.45, 2.75) is 12.8 Å². The van der Waals surface area contributed by atoms with Gasteiger partial charge in [0.05, 0.1) is 32.9 Å². The van der Waals surface area contributed by atoms with Gasteiger partial charge in [0, 0.05) is 50.4 Å². The molecule has 0 spiro atoms. The Labute approximate surface area is 194 Å². The zero-order chi connectivity index (χ0) is 23.4. The van der Waals surface area contributed by atoms with E-state index in [-0.39, 0.29) is 24.2 Å². The quantitative estimate of drug-likeness (QED) is 0.662. The molecule has 2 aromatic rings. The molecular weight excluding hydrogens is 422 g/mol. The van der Waals surface area contributed by atoms with Crippen molar-refractivity contribution in [3.8, 4) is 17.2 Å². The number of benzene rings is 2. The Morgan fingerprint density at radius 1 is 1.00 bits per heavy atom. The molecule has 0 saturated carbocycles. The van der Waals surface area contributed by atoms with Gasteiger partial charge in [0.25, 0.3) is 0 Å². The normalized spacial score (nSPS) is 20.2. The number of nitrogens with one attached hydrogen (secondary N) is 1. The van der Waals surface area contributed by atoms with Crippen LogP contribution in [0.1, 0.15) is 12.8 Å². The molecule has 2 heterocycles. The highest BCUT2D eigenvalue weighted by molar-refractivity contribution is 6.00. The number of hydrogen-bond acceptors (Lipinski definition) is 6. The van der Waals surface area contributed by atoms with Crippen LogP contribution >= 0.6 is 0 Å². The Morgan fingerprint density at radius 3 is 2.33 bits per heavy atom. The van der Waals surface area contributed by atoms with Gasteiger partial charge >= 0.3 is 0 Å². The lowest BCUT2D eigenvalue weighted by Gasteiger charge is -2.21. The van der Waals surface area contributed by atoms with Crippen molar-refractivity contribution in [3.63, 3.8) is 0 Å². The summed E-state index contributed by atoms with van der Waals surface area (Å²) in [7, 11) is 4.60. The van der Waals surface area contributed by atoms with Crippen LogP contribution in [0.5, 0.6) is 17.2 Å². The summed E-state index contributed by atoms with van der Waals surface area (Å²) in [6.45, 7) is 2.86. The van der Waals surface area contributed by atoms with E-state index in [1.54, 1.807) is 17.0 Å². The molecule has 1 N–H and O–H groups in total. The van der Waals surface area contributed by atoms with Crippen LogP contribution in [0, 0.1) is 11.8 Å². The standard InChI is InChI=1S/C25H31N3O5/c1-31-21-12-20(13-22(32-2)24(21)33-3)28-16-18(11-23(28)29)25(30)26-14-17-9-10-27(15-17)19-7-5-4-6-8-19/h4-8,12-13,17-18H,9-11,14-16H2,1-3H3,(H,26,30). The van der Waals surface area contributed by atoms with E-state index in [0.29, 0.717) is 41.9 Å². The van der Waals surface area contributed by atoms with E-state index >= 15 is 0 Å².